The van der Waals surface area contributed by atoms with Crippen molar-refractivity contribution in [1.29, 1.82) is 0 Å². The number of aliphatic imine (C=N–C) groups is 1. The molecule has 2 aliphatic heterocycles. The molecular weight excluding hydrogens is 352 g/mol. The number of hydrogen-bond donors (Lipinski definition) is 2. The van der Waals surface area contributed by atoms with E-state index < -0.39 is 0 Å². The zero-order valence-electron chi connectivity index (χ0n) is 17.2. The van der Waals surface area contributed by atoms with Gasteiger partial charge in [0, 0.05) is 32.3 Å². The summed E-state index contributed by atoms with van der Waals surface area (Å²) in [6, 6.07) is 11.3. The Labute approximate surface area is 169 Å². The zero-order valence-corrected chi connectivity index (χ0v) is 17.2. The Morgan fingerprint density at radius 1 is 1.21 bits per heavy atom. The number of nitrogens with one attached hydrogen (secondary N) is 2. The minimum Gasteiger partial charge on any atom is -0.377 e. The molecule has 0 amide bonds. The Hall–Kier alpha value is -1.63. The Morgan fingerprint density at radius 2 is 2.11 bits per heavy atom. The Balaban J connectivity index is 1.39. The van der Waals surface area contributed by atoms with Crippen molar-refractivity contribution in [3.63, 3.8) is 0 Å². The van der Waals surface area contributed by atoms with Gasteiger partial charge in [-0.1, -0.05) is 30.3 Å². The molecule has 6 nitrogen and oxygen atoms in total. The molecule has 0 radical (unpaired) electrons. The van der Waals surface area contributed by atoms with Crippen LogP contribution in [0.3, 0.4) is 0 Å². The highest BCUT2D eigenvalue weighted by molar-refractivity contribution is 5.79. The van der Waals surface area contributed by atoms with Crippen LogP contribution in [0.2, 0.25) is 0 Å². The van der Waals surface area contributed by atoms with Crippen molar-refractivity contribution in [2.75, 3.05) is 46.0 Å². The third-order valence-electron chi connectivity index (χ3n) is 5.40. The van der Waals surface area contributed by atoms with Crippen LogP contribution in [0.25, 0.3) is 0 Å². The fourth-order valence-electron chi connectivity index (χ4n) is 3.90. The molecular formula is C22H36N4O2. The molecule has 2 heterocycles. The van der Waals surface area contributed by atoms with Gasteiger partial charge in [-0.25, -0.2) is 0 Å². The van der Waals surface area contributed by atoms with Crippen LogP contribution in [-0.2, 0) is 16.0 Å². The molecule has 0 bridgehead atoms. The summed E-state index contributed by atoms with van der Waals surface area (Å²) in [5.74, 6) is 0.884. The minimum absolute atomic E-state index is 0.292. The van der Waals surface area contributed by atoms with Gasteiger partial charge in [-0.3, -0.25) is 9.89 Å². The van der Waals surface area contributed by atoms with Crippen LogP contribution in [0.5, 0.6) is 0 Å². The van der Waals surface area contributed by atoms with E-state index in [0.717, 1.165) is 58.1 Å². The standard InChI is InChI=1S/C22H36N4O2/c1-2-23-22(24-12-15-27-18-21-11-7-14-28-21)25-16-20-10-6-13-26(20)17-19-8-4-3-5-9-19/h3-5,8-9,20-21H,2,6-7,10-18H2,1H3,(H2,23,24,25). The molecule has 2 unspecified atom stereocenters. The second-order valence-electron chi connectivity index (χ2n) is 7.61. The number of ether oxygens (including phenoxy) is 2. The molecule has 2 saturated heterocycles. The molecule has 2 aliphatic rings. The third kappa shape index (κ3) is 7.08. The lowest BCUT2D eigenvalue weighted by molar-refractivity contribution is 0.0191. The van der Waals surface area contributed by atoms with Crippen LogP contribution in [0.4, 0.5) is 0 Å². The summed E-state index contributed by atoms with van der Waals surface area (Å²) in [5, 5.41) is 6.73. The molecule has 2 atom stereocenters. The molecule has 1 aromatic carbocycles. The van der Waals surface area contributed by atoms with Crippen molar-refractivity contribution < 1.29 is 9.47 Å². The molecule has 28 heavy (non-hydrogen) atoms. The van der Waals surface area contributed by atoms with Crippen molar-refractivity contribution in [3.05, 3.63) is 35.9 Å². The first-order valence-electron chi connectivity index (χ1n) is 10.8. The summed E-state index contributed by atoms with van der Waals surface area (Å²) in [5.41, 5.74) is 1.38. The Kier molecular flexibility index (Phi) is 9.07. The first-order valence-corrected chi connectivity index (χ1v) is 10.8. The number of guanidine groups is 1. The maximum atomic E-state index is 5.73. The lowest BCUT2D eigenvalue weighted by Gasteiger charge is -2.23. The molecule has 1 aromatic rings. The second kappa shape index (κ2) is 12.0. The van der Waals surface area contributed by atoms with Gasteiger partial charge >= 0.3 is 0 Å². The molecule has 0 spiro atoms. The van der Waals surface area contributed by atoms with Gasteiger partial charge in [-0.15, -0.1) is 0 Å². The first-order chi connectivity index (χ1) is 13.8. The summed E-state index contributed by atoms with van der Waals surface area (Å²) in [6.07, 6.45) is 5.05. The number of nitrogens with zero attached hydrogens (tertiary/aromatic N) is 2. The van der Waals surface area contributed by atoms with Crippen molar-refractivity contribution in [3.8, 4) is 0 Å². The van der Waals surface area contributed by atoms with Crippen LogP contribution in [0.1, 0.15) is 38.2 Å². The Morgan fingerprint density at radius 3 is 2.89 bits per heavy atom. The largest absolute Gasteiger partial charge is 0.377 e. The molecule has 156 valence electrons. The van der Waals surface area contributed by atoms with E-state index in [-0.39, 0.29) is 0 Å². The molecule has 0 aliphatic carbocycles. The molecule has 2 fully saturated rings. The minimum atomic E-state index is 0.292. The monoisotopic (exact) mass is 388 g/mol. The summed E-state index contributed by atoms with van der Waals surface area (Å²) in [4.78, 5) is 7.40. The Bertz CT molecular complexity index is 575. The van der Waals surface area contributed by atoms with Crippen LogP contribution < -0.4 is 10.6 Å². The topological polar surface area (TPSA) is 58.1 Å². The molecule has 6 heteroatoms. The van der Waals surface area contributed by atoms with Crippen molar-refractivity contribution >= 4 is 5.96 Å². The van der Waals surface area contributed by atoms with Crippen molar-refractivity contribution in [1.82, 2.24) is 15.5 Å². The van der Waals surface area contributed by atoms with Gasteiger partial charge in [-0.05, 0) is 44.7 Å². The van der Waals surface area contributed by atoms with Gasteiger partial charge in [0.15, 0.2) is 5.96 Å². The maximum absolute atomic E-state index is 5.73. The predicted molar refractivity (Wildman–Crippen MR) is 114 cm³/mol. The molecule has 2 N–H and O–H groups in total. The van der Waals surface area contributed by atoms with Gasteiger partial charge in [0.25, 0.3) is 0 Å². The van der Waals surface area contributed by atoms with Crippen LogP contribution >= 0.6 is 0 Å². The average molecular weight is 389 g/mol. The lowest BCUT2D eigenvalue weighted by atomic mass is 10.2. The molecule has 0 saturated carbocycles. The summed E-state index contributed by atoms with van der Waals surface area (Å²) < 4.78 is 11.3. The van der Waals surface area contributed by atoms with E-state index >= 15 is 0 Å². The highest BCUT2D eigenvalue weighted by atomic mass is 16.5. The molecule has 0 aromatic heterocycles. The molecule has 3 rings (SSSR count). The fourth-order valence-corrected chi connectivity index (χ4v) is 3.90. The zero-order chi connectivity index (χ0) is 19.4. The van der Waals surface area contributed by atoms with Crippen LogP contribution in [0.15, 0.2) is 35.3 Å². The van der Waals surface area contributed by atoms with Crippen molar-refractivity contribution in [2.45, 2.75) is 51.3 Å². The quantitative estimate of drug-likeness (QED) is 0.366. The number of hydrogen-bond acceptors (Lipinski definition) is 4. The number of benzene rings is 1. The van der Waals surface area contributed by atoms with E-state index in [1.54, 1.807) is 0 Å². The maximum Gasteiger partial charge on any atom is 0.191 e. The predicted octanol–water partition coefficient (Wildman–Crippen LogP) is 2.40. The van der Waals surface area contributed by atoms with Gasteiger partial charge in [0.05, 0.1) is 25.9 Å². The summed E-state index contributed by atoms with van der Waals surface area (Å²) in [6.45, 7) is 8.99. The van der Waals surface area contributed by atoms with Gasteiger partial charge in [0.1, 0.15) is 0 Å². The first kappa shape index (κ1) is 21.1. The SMILES string of the molecule is CCNC(=NCC1CCCN1Cc1ccccc1)NCCOCC1CCCO1. The van der Waals surface area contributed by atoms with Crippen molar-refractivity contribution in [2.24, 2.45) is 4.99 Å². The highest BCUT2D eigenvalue weighted by Crippen LogP contribution is 2.20. The summed E-state index contributed by atoms with van der Waals surface area (Å²) >= 11 is 0. The number of rotatable bonds is 10. The van der Waals surface area contributed by atoms with Crippen LogP contribution in [0, 0.1) is 0 Å². The number of likely N-dealkylation sites (tertiary alicyclic amines) is 1. The lowest BCUT2D eigenvalue weighted by Crippen LogP contribution is -2.40. The van der Waals surface area contributed by atoms with E-state index in [1.807, 2.05) is 0 Å². The normalized spacial score (nSPS) is 23.2. The van der Waals surface area contributed by atoms with E-state index in [2.05, 4.69) is 52.8 Å². The van der Waals surface area contributed by atoms with E-state index in [4.69, 9.17) is 14.5 Å². The highest BCUT2D eigenvalue weighted by Gasteiger charge is 2.24. The van der Waals surface area contributed by atoms with E-state index in [9.17, 15) is 0 Å². The van der Waals surface area contributed by atoms with Gasteiger partial charge in [-0.2, -0.15) is 0 Å². The fraction of sp³-hybridized carbons (Fsp3) is 0.682. The van der Waals surface area contributed by atoms with E-state index in [1.165, 1.54) is 18.4 Å². The van der Waals surface area contributed by atoms with E-state index in [0.29, 0.717) is 25.4 Å². The van der Waals surface area contributed by atoms with Gasteiger partial charge < -0.3 is 20.1 Å². The van der Waals surface area contributed by atoms with Crippen LogP contribution in [-0.4, -0.2) is 69.0 Å². The summed E-state index contributed by atoms with van der Waals surface area (Å²) in [7, 11) is 0. The third-order valence-corrected chi connectivity index (χ3v) is 5.40. The average Bonchev–Trinajstić information content (AvgIpc) is 3.39. The van der Waals surface area contributed by atoms with Gasteiger partial charge in [0.2, 0.25) is 0 Å². The second-order valence-corrected chi connectivity index (χ2v) is 7.61. The smallest absolute Gasteiger partial charge is 0.191 e.